The van der Waals surface area contributed by atoms with Crippen LogP contribution in [0, 0.1) is 20.8 Å². The van der Waals surface area contributed by atoms with E-state index in [0.717, 1.165) is 17.8 Å². The second-order valence-electron chi connectivity index (χ2n) is 5.54. The van der Waals surface area contributed by atoms with Crippen LogP contribution in [0.2, 0.25) is 0 Å². The summed E-state index contributed by atoms with van der Waals surface area (Å²) in [5.41, 5.74) is 2.07. The molecule has 1 amide bonds. The number of hydrogen-bond acceptors (Lipinski definition) is 6. The van der Waals surface area contributed by atoms with Crippen molar-refractivity contribution in [3.63, 3.8) is 0 Å². The van der Waals surface area contributed by atoms with Crippen LogP contribution in [0.4, 0.5) is 0 Å². The van der Waals surface area contributed by atoms with Gasteiger partial charge in [-0.25, -0.2) is 9.97 Å². The van der Waals surface area contributed by atoms with E-state index < -0.39 is 0 Å². The standard InChI is InChI=1S/C15H18N4O3/c1-9-6-10(2)17-15(16-9)21-12-4-5-19(8-12)14(20)13-7-11(3)22-18-13/h6-7,12H,4-5,8H2,1-3H3/t12-/m1/s1. The highest BCUT2D eigenvalue weighted by Gasteiger charge is 2.30. The molecule has 0 aromatic carbocycles. The molecular formula is C15H18N4O3. The van der Waals surface area contributed by atoms with Gasteiger partial charge in [0.25, 0.3) is 5.91 Å². The van der Waals surface area contributed by atoms with Crippen LogP contribution in [-0.2, 0) is 0 Å². The van der Waals surface area contributed by atoms with Gasteiger partial charge < -0.3 is 14.2 Å². The maximum absolute atomic E-state index is 12.3. The van der Waals surface area contributed by atoms with Crippen molar-refractivity contribution >= 4 is 5.91 Å². The Morgan fingerprint density at radius 2 is 2.00 bits per heavy atom. The van der Waals surface area contributed by atoms with Crippen molar-refractivity contribution in [1.82, 2.24) is 20.0 Å². The molecule has 7 heteroatoms. The highest BCUT2D eigenvalue weighted by molar-refractivity contribution is 5.92. The summed E-state index contributed by atoms with van der Waals surface area (Å²) in [5.74, 6) is 0.489. The number of aromatic nitrogens is 3. The van der Waals surface area contributed by atoms with E-state index in [-0.39, 0.29) is 12.0 Å². The second-order valence-corrected chi connectivity index (χ2v) is 5.54. The second kappa shape index (κ2) is 5.75. The molecule has 0 saturated carbocycles. The summed E-state index contributed by atoms with van der Waals surface area (Å²) < 4.78 is 10.7. The molecule has 0 unspecified atom stereocenters. The lowest BCUT2D eigenvalue weighted by Gasteiger charge is -2.15. The molecule has 2 aromatic heterocycles. The molecule has 0 bridgehead atoms. The number of hydrogen-bond donors (Lipinski definition) is 0. The average Bonchev–Trinajstić information content (AvgIpc) is 3.06. The predicted molar refractivity (Wildman–Crippen MR) is 77.7 cm³/mol. The van der Waals surface area contributed by atoms with Crippen LogP contribution >= 0.6 is 0 Å². The molecule has 0 radical (unpaired) electrons. The van der Waals surface area contributed by atoms with Gasteiger partial charge in [0, 0.05) is 30.4 Å². The van der Waals surface area contributed by atoms with E-state index >= 15 is 0 Å². The zero-order valence-corrected chi connectivity index (χ0v) is 12.9. The first-order valence-corrected chi connectivity index (χ1v) is 7.23. The van der Waals surface area contributed by atoms with E-state index in [0.29, 0.717) is 30.6 Å². The van der Waals surface area contributed by atoms with E-state index in [1.807, 2.05) is 19.9 Å². The van der Waals surface area contributed by atoms with Crippen LogP contribution in [0.5, 0.6) is 6.01 Å². The zero-order chi connectivity index (χ0) is 15.7. The quantitative estimate of drug-likeness (QED) is 0.858. The van der Waals surface area contributed by atoms with Gasteiger partial charge in [-0.1, -0.05) is 5.16 Å². The summed E-state index contributed by atoms with van der Waals surface area (Å²) in [5, 5.41) is 3.76. The van der Waals surface area contributed by atoms with Gasteiger partial charge in [0.05, 0.1) is 6.54 Å². The third-order valence-electron chi connectivity index (χ3n) is 3.51. The first-order chi connectivity index (χ1) is 10.5. The van der Waals surface area contributed by atoms with Gasteiger partial charge in [0.1, 0.15) is 11.9 Å². The molecule has 1 fully saturated rings. The van der Waals surface area contributed by atoms with E-state index in [9.17, 15) is 4.79 Å². The van der Waals surface area contributed by atoms with E-state index in [2.05, 4.69) is 15.1 Å². The Bertz CT molecular complexity index is 678. The van der Waals surface area contributed by atoms with Gasteiger partial charge in [-0.2, -0.15) is 0 Å². The highest BCUT2D eigenvalue weighted by atomic mass is 16.5. The molecule has 3 rings (SSSR count). The third-order valence-corrected chi connectivity index (χ3v) is 3.51. The molecule has 0 N–H and O–H groups in total. The van der Waals surface area contributed by atoms with Gasteiger partial charge in [-0.3, -0.25) is 4.79 Å². The SMILES string of the molecule is Cc1cc(C)nc(O[C@@H]2CCN(C(=O)c3cc(C)on3)C2)n1. The lowest BCUT2D eigenvalue weighted by molar-refractivity contribution is 0.0759. The van der Waals surface area contributed by atoms with Crippen LogP contribution in [0.3, 0.4) is 0 Å². The number of ether oxygens (including phenoxy) is 1. The summed E-state index contributed by atoms with van der Waals surface area (Å²) in [4.78, 5) is 22.5. The maximum atomic E-state index is 12.3. The third kappa shape index (κ3) is 3.08. The van der Waals surface area contributed by atoms with Crippen molar-refractivity contribution in [1.29, 1.82) is 0 Å². The fraction of sp³-hybridized carbons (Fsp3) is 0.467. The number of carbonyl (C=O) groups is 1. The summed E-state index contributed by atoms with van der Waals surface area (Å²) in [6.07, 6.45) is 0.650. The minimum Gasteiger partial charge on any atom is -0.458 e. The molecular weight excluding hydrogens is 284 g/mol. The van der Waals surface area contributed by atoms with E-state index in [4.69, 9.17) is 9.26 Å². The fourth-order valence-corrected chi connectivity index (χ4v) is 2.53. The molecule has 1 aliphatic heterocycles. The van der Waals surface area contributed by atoms with Crippen LogP contribution in [0.25, 0.3) is 0 Å². The first-order valence-electron chi connectivity index (χ1n) is 7.23. The maximum Gasteiger partial charge on any atom is 0.317 e. The summed E-state index contributed by atoms with van der Waals surface area (Å²) in [6, 6.07) is 3.91. The van der Waals surface area contributed by atoms with E-state index in [1.165, 1.54) is 0 Å². The number of carbonyl (C=O) groups excluding carboxylic acids is 1. The van der Waals surface area contributed by atoms with Crippen LogP contribution in [0.1, 0.15) is 34.1 Å². The average molecular weight is 302 g/mol. The normalized spacial score (nSPS) is 17.8. The van der Waals surface area contributed by atoms with Gasteiger partial charge in [-0.05, 0) is 26.8 Å². The van der Waals surface area contributed by atoms with Gasteiger partial charge in [0.2, 0.25) is 0 Å². The summed E-state index contributed by atoms with van der Waals surface area (Å²) >= 11 is 0. The minimum atomic E-state index is -0.135. The predicted octanol–water partition coefficient (Wildman–Crippen LogP) is 1.68. The summed E-state index contributed by atoms with van der Waals surface area (Å²) in [6.45, 7) is 6.69. The lowest BCUT2D eigenvalue weighted by Crippen LogP contribution is -2.31. The Morgan fingerprint density at radius 3 is 2.64 bits per heavy atom. The molecule has 116 valence electrons. The minimum absolute atomic E-state index is 0.0989. The number of aryl methyl sites for hydroxylation is 3. The van der Waals surface area contributed by atoms with Gasteiger partial charge in [0.15, 0.2) is 5.69 Å². The fourth-order valence-electron chi connectivity index (χ4n) is 2.53. The van der Waals surface area contributed by atoms with Crippen LogP contribution in [-0.4, -0.2) is 45.1 Å². The Hall–Kier alpha value is -2.44. The molecule has 22 heavy (non-hydrogen) atoms. The molecule has 1 aliphatic rings. The van der Waals surface area contributed by atoms with Crippen molar-refractivity contribution < 1.29 is 14.1 Å². The van der Waals surface area contributed by atoms with Crippen molar-refractivity contribution in [3.05, 3.63) is 35.0 Å². The van der Waals surface area contributed by atoms with Crippen molar-refractivity contribution in [2.24, 2.45) is 0 Å². The highest BCUT2D eigenvalue weighted by Crippen LogP contribution is 2.18. The van der Waals surface area contributed by atoms with E-state index in [1.54, 1.807) is 17.9 Å². The Kier molecular flexibility index (Phi) is 3.79. The van der Waals surface area contributed by atoms with Crippen LogP contribution < -0.4 is 4.74 Å². The molecule has 1 atom stereocenters. The molecule has 0 aliphatic carbocycles. The van der Waals surface area contributed by atoms with Crippen molar-refractivity contribution in [3.8, 4) is 6.01 Å². The van der Waals surface area contributed by atoms with Crippen LogP contribution in [0.15, 0.2) is 16.7 Å². The lowest BCUT2D eigenvalue weighted by atomic mass is 10.3. The van der Waals surface area contributed by atoms with Crippen molar-refractivity contribution in [2.45, 2.75) is 33.3 Å². The zero-order valence-electron chi connectivity index (χ0n) is 12.9. The first kappa shape index (κ1) is 14.5. The topological polar surface area (TPSA) is 81.4 Å². The molecule has 0 spiro atoms. The number of rotatable bonds is 3. The Morgan fingerprint density at radius 1 is 1.27 bits per heavy atom. The molecule has 3 heterocycles. The van der Waals surface area contributed by atoms with Gasteiger partial charge >= 0.3 is 6.01 Å². The largest absolute Gasteiger partial charge is 0.458 e. The smallest absolute Gasteiger partial charge is 0.317 e. The monoisotopic (exact) mass is 302 g/mol. The van der Waals surface area contributed by atoms with Crippen molar-refractivity contribution in [2.75, 3.05) is 13.1 Å². The van der Waals surface area contributed by atoms with Gasteiger partial charge in [-0.15, -0.1) is 0 Å². The number of nitrogens with zero attached hydrogens (tertiary/aromatic N) is 4. The summed E-state index contributed by atoms with van der Waals surface area (Å²) in [7, 11) is 0. The molecule has 2 aromatic rings. The number of likely N-dealkylation sites (tertiary alicyclic amines) is 1. The molecule has 1 saturated heterocycles. The number of amides is 1. The Labute approximate surface area is 128 Å². The Balaban J connectivity index is 1.63. The molecule has 7 nitrogen and oxygen atoms in total.